The first-order chi connectivity index (χ1) is 19.7. The summed E-state index contributed by atoms with van der Waals surface area (Å²) in [5.41, 5.74) is 0.994. The van der Waals surface area contributed by atoms with E-state index in [-0.39, 0.29) is 29.1 Å². The first-order valence-electron chi connectivity index (χ1n) is 13.7. The molecule has 1 aliphatic rings. The highest BCUT2D eigenvalue weighted by Crippen LogP contribution is 2.25. The lowest BCUT2D eigenvalue weighted by molar-refractivity contribution is -0.139. The molecule has 0 heterocycles. The highest BCUT2D eigenvalue weighted by Gasteiger charge is 2.33. The second-order valence-corrected chi connectivity index (χ2v) is 12.1. The van der Waals surface area contributed by atoms with Crippen LogP contribution in [0.25, 0.3) is 0 Å². The van der Waals surface area contributed by atoms with Crippen molar-refractivity contribution in [3.05, 3.63) is 90.2 Å². The number of ether oxygens (including phenoxy) is 1. The van der Waals surface area contributed by atoms with Crippen LogP contribution in [0.1, 0.15) is 44.6 Å². The molecule has 0 saturated heterocycles. The average molecular weight is 582 g/mol. The number of para-hydroxylation sites is 1. The Morgan fingerprint density at radius 1 is 0.976 bits per heavy atom. The monoisotopic (exact) mass is 581 g/mol. The van der Waals surface area contributed by atoms with Crippen LogP contribution in [0.2, 0.25) is 0 Å². The molecule has 3 aromatic carbocycles. The molecule has 41 heavy (non-hydrogen) atoms. The van der Waals surface area contributed by atoms with Crippen molar-refractivity contribution in [2.45, 2.75) is 62.6 Å². The van der Waals surface area contributed by atoms with E-state index in [0.717, 1.165) is 54.1 Å². The third kappa shape index (κ3) is 7.64. The Bertz CT molecular complexity index is 1430. The molecule has 1 saturated carbocycles. The van der Waals surface area contributed by atoms with Crippen LogP contribution in [0.4, 0.5) is 10.1 Å². The maximum atomic E-state index is 14.0. The van der Waals surface area contributed by atoms with Gasteiger partial charge in [0.05, 0.1) is 17.7 Å². The highest BCUT2D eigenvalue weighted by molar-refractivity contribution is 7.92. The van der Waals surface area contributed by atoms with Crippen LogP contribution in [0.5, 0.6) is 5.75 Å². The molecule has 1 fully saturated rings. The van der Waals surface area contributed by atoms with Crippen LogP contribution < -0.4 is 14.4 Å². The number of benzene rings is 3. The minimum atomic E-state index is -4.25. The minimum Gasteiger partial charge on any atom is -0.497 e. The molecule has 0 spiro atoms. The zero-order chi connectivity index (χ0) is 29.4. The van der Waals surface area contributed by atoms with E-state index >= 15 is 0 Å². The standard InChI is InChI=1S/C31H36FN3O5S/c1-23(31(37)33-26-11-5-3-6-12-26)34(21-24-10-9-15-28(20-24)40-2)30(36)22-35(27-13-7-4-8-14-27)41(38,39)29-18-16-25(32)17-19-29/h4,7-10,13-20,23,26H,3,5-6,11-12,21-22H2,1-2H3,(H,33,37)/t23-/m1/s1. The largest absolute Gasteiger partial charge is 0.497 e. The van der Waals surface area contributed by atoms with Gasteiger partial charge in [-0.3, -0.25) is 13.9 Å². The average Bonchev–Trinajstić information content (AvgIpc) is 2.99. The molecule has 0 unspecified atom stereocenters. The Balaban J connectivity index is 1.66. The van der Waals surface area contributed by atoms with Crippen LogP contribution in [0.3, 0.4) is 0 Å². The van der Waals surface area contributed by atoms with Crippen LogP contribution in [0, 0.1) is 5.82 Å². The van der Waals surface area contributed by atoms with Gasteiger partial charge in [-0.15, -0.1) is 0 Å². The minimum absolute atomic E-state index is 0.0483. The summed E-state index contributed by atoms with van der Waals surface area (Å²) in [6, 6.07) is 19.0. The first kappa shape index (κ1) is 30.0. The van der Waals surface area contributed by atoms with Crippen LogP contribution in [-0.4, -0.2) is 50.9 Å². The Morgan fingerprint density at radius 3 is 2.32 bits per heavy atom. The topological polar surface area (TPSA) is 96.0 Å². The molecule has 0 radical (unpaired) electrons. The first-order valence-corrected chi connectivity index (χ1v) is 15.2. The predicted octanol–water partition coefficient (Wildman–Crippen LogP) is 4.90. The van der Waals surface area contributed by atoms with Crippen molar-refractivity contribution < 1.29 is 27.1 Å². The fourth-order valence-electron chi connectivity index (χ4n) is 4.98. The van der Waals surface area contributed by atoms with Crippen molar-refractivity contribution in [1.29, 1.82) is 0 Å². The van der Waals surface area contributed by atoms with Crippen molar-refractivity contribution in [2.75, 3.05) is 18.0 Å². The fraction of sp³-hybridized carbons (Fsp3) is 0.355. The lowest BCUT2D eigenvalue weighted by Crippen LogP contribution is -2.53. The number of rotatable bonds is 11. The molecule has 3 aromatic rings. The molecule has 0 aliphatic heterocycles. The van der Waals surface area contributed by atoms with E-state index in [1.165, 1.54) is 17.0 Å². The third-order valence-corrected chi connectivity index (χ3v) is 9.12. The molecule has 1 aliphatic carbocycles. The van der Waals surface area contributed by atoms with E-state index in [2.05, 4.69) is 5.32 Å². The summed E-state index contributed by atoms with van der Waals surface area (Å²) >= 11 is 0. The Hall–Kier alpha value is -3.92. The lowest BCUT2D eigenvalue weighted by Gasteiger charge is -2.33. The van der Waals surface area contributed by atoms with E-state index < -0.39 is 34.3 Å². The molecule has 8 nitrogen and oxygen atoms in total. The number of carbonyl (C=O) groups is 2. The molecular formula is C31H36FN3O5S. The number of amides is 2. The zero-order valence-electron chi connectivity index (χ0n) is 23.3. The fourth-order valence-corrected chi connectivity index (χ4v) is 6.39. The van der Waals surface area contributed by atoms with Gasteiger partial charge in [0.2, 0.25) is 11.8 Å². The molecule has 4 rings (SSSR count). The molecule has 1 atom stereocenters. The van der Waals surface area contributed by atoms with Gasteiger partial charge in [-0.25, -0.2) is 12.8 Å². The lowest BCUT2D eigenvalue weighted by atomic mass is 9.95. The van der Waals surface area contributed by atoms with Crippen LogP contribution in [-0.2, 0) is 26.2 Å². The summed E-state index contributed by atoms with van der Waals surface area (Å²) in [5.74, 6) is -0.831. The van der Waals surface area contributed by atoms with E-state index in [1.54, 1.807) is 62.6 Å². The molecule has 2 amide bonds. The summed E-state index contributed by atoms with van der Waals surface area (Å²) in [7, 11) is -2.71. The summed E-state index contributed by atoms with van der Waals surface area (Å²) < 4.78 is 47.4. The molecule has 10 heteroatoms. The molecule has 218 valence electrons. The Kier molecular flexibility index (Phi) is 9.99. The van der Waals surface area contributed by atoms with Gasteiger partial charge in [0.25, 0.3) is 10.0 Å². The highest BCUT2D eigenvalue weighted by atomic mass is 32.2. The van der Waals surface area contributed by atoms with Gasteiger partial charge in [0.15, 0.2) is 0 Å². The van der Waals surface area contributed by atoms with Gasteiger partial charge in [-0.1, -0.05) is 49.6 Å². The maximum absolute atomic E-state index is 14.0. The van der Waals surface area contributed by atoms with Crippen molar-refractivity contribution >= 4 is 27.5 Å². The summed E-state index contributed by atoms with van der Waals surface area (Å²) in [4.78, 5) is 28.6. The number of nitrogens with one attached hydrogen (secondary N) is 1. The molecule has 1 N–H and O–H groups in total. The maximum Gasteiger partial charge on any atom is 0.264 e. The molecule has 0 bridgehead atoms. The third-order valence-electron chi connectivity index (χ3n) is 7.33. The van der Waals surface area contributed by atoms with Crippen molar-refractivity contribution in [3.8, 4) is 5.75 Å². The molecule has 0 aromatic heterocycles. The smallest absolute Gasteiger partial charge is 0.264 e. The van der Waals surface area contributed by atoms with Gasteiger partial charge < -0.3 is 15.0 Å². The number of methoxy groups -OCH3 is 1. The SMILES string of the molecule is COc1cccc(CN(C(=O)CN(c2ccccc2)S(=O)(=O)c2ccc(F)cc2)[C@H](C)C(=O)NC2CCCCC2)c1. The summed E-state index contributed by atoms with van der Waals surface area (Å²) in [5, 5.41) is 3.08. The quantitative estimate of drug-likeness (QED) is 0.348. The Morgan fingerprint density at radius 2 is 1.66 bits per heavy atom. The van der Waals surface area contributed by atoms with Crippen molar-refractivity contribution in [3.63, 3.8) is 0 Å². The number of halogens is 1. The van der Waals surface area contributed by atoms with Crippen molar-refractivity contribution in [1.82, 2.24) is 10.2 Å². The summed E-state index contributed by atoms with van der Waals surface area (Å²) in [6.45, 7) is 1.15. The van der Waals surface area contributed by atoms with E-state index in [0.29, 0.717) is 5.75 Å². The summed E-state index contributed by atoms with van der Waals surface area (Å²) in [6.07, 6.45) is 5.00. The van der Waals surface area contributed by atoms with Crippen molar-refractivity contribution in [2.24, 2.45) is 0 Å². The van der Waals surface area contributed by atoms with Crippen LogP contribution >= 0.6 is 0 Å². The number of hydrogen-bond donors (Lipinski definition) is 1. The number of carbonyl (C=O) groups excluding carboxylic acids is 2. The second-order valence-electron chi connectivity index (χ2n) is 10.2. The number of nitrogens with zero attached hydrogens (tertiary/aromatic N) is 2. The van der Waals surface area contributed by atoms with E-state index in [4.69, 9.17) is 4.74 Å². The normalized spacial score (nSPS) is 14.6. The second kappa shape index (κ2) is 13.6. The zero-order valence-corrected chi connectivity index (χ0v) is 24.1. The van der Waals surface area contributed by atoms with Gasteiger partial charge in [-0.2, -0.15) is 0 Å². The predicted molar refractivity (Wildman–Crippen MR) is 155 cm³/mol. The number of hydrogen-bond acceptors (Lipinski definition) is 5. The molecular weight excluding hydrogens is 545 g/mol. The van der Waals surface area contributed by atoms with Gasteiger partial charge >= 0.3 is 0 Å². The van der Waals surface area contributed by atoms with Gasteiger partial charge in [-0.05, 0) is 73.9 Å². The van der Waals surface area contributed by atoms with E-state index in [9.17, 15) is 22.4 Å². The van der Waals surface area contributed by atoms with Gasteiger partial charge in [0, 0.05) is 12.6 Å². The van der Waals surface area contributed by atoms with Gasteiger partial charge in [0.1, 0.15) is 24.2 Å². The number of sulfonamides is 1. The van der Waals surface area contributed by atoms with Crippen LogP contribution in [0.15, 0.2) is 83.8 Å². The van der Waals surface area contributed by atoms with E-state index in [1.807, 2.05) is 6.07 Å². The Labute approximate surface area is 241 Å². The number of anilines is 1.